The van der Waals surface area contributed by atoms with Gasteiger partial charge in [0.15, 0.2) is 11.6 Å². The van der Waals surface area contributed by atoms with Crippen LogP contribution < -0.4 is 9.47 Å². The summed E-state index contributed by atoms with van der Waals surface area (Å²) in [6, 6.07) is 11.8. The van der Waals surface area contributed by atoms with Crippen LogP contribution in [-0.4, -0.2) is 7.11 Å². The standard InChI is InChI=1S/C13H10ClFO2/c1-16-13-11(14)7-10(8-12(13)15)17-9-5-3-2-4-6-9/h2-8H,1H3. The van der Waals surface area contributed by atoms with Gasteiger partial charge in [-0.2, -0.15) is 0 Å². The lowest BCUT2D eigenvalue weighted by Gasteiger charge is -2.09. The van der Waals surface area contributed by atoms with E-state index in [0.29, 0.717) is 11.5 Å². The van der Waals surface area contributed by atoms with Crippen molar-refractivity contribution in [2.45, 2.75) is 0 Å². The monoisotopic (exact) mass is 252 g/mol. The van der Waals surface area contributed by atoms with E-state index in [4.69, 9.17) is 21.1 Å². The molecule has 0 fully saturated rings. The topological polar surface area (TPSA) is 18.5 Å². The molecule has 88 valence electrons. The fourth-order valence-electron chi connectivity index (χ4n) is 1.42. The molecule has 0 bridgehead atoms. The molecule has 0 N–H and O–H groups in total. The first-order chi connectivity index (χ1) is 8.20. The van der Waals surface area contributed by atoms with E-state index in [1.54, 1.807) is 12.1 Å². The van der Waals surface area contributed by atoms with Crippen molar-refractivity contribution in [3.05, 3.63) is 53.3 Å². The molecule has 0 atom stereocenters. The van der Waals surface area contributed by atoms with Gasteiger partial charge in [0.05, 0.1) is 12.1 Å². The molecule has 0 spiro atoms. The molecular formula is C13H10ClFO2. The van der Waals surface area contributed by atoms with Gasteiger partial charge in [0, 0.05) is 12.1 Å². The molecule has 0 radical (unpaired) electrons. The van der Waals surface area contributed by atoms with Gasteiger partial charge in [0.2, 0.25) is 0 Å². The first kappa shape index (κ1) is 11.7. The average Bonchev–Trinajstić information content (AvgIpc) is 2.30. The number of rotatable bonds is 3. The summed E-state index contributed by atoms with van der Waals surface area (Å²) in [7, 11) is 1.36. The largest absolute Gasteiger partial charge is 0.492 e. The van der Waals surface area contributed by atoms with Crippen LogP contribution in [-0.2, 0) is 0 Å². The Kier molecular flexibility index (Phi) is 3.49. The molecule has 2 aromatic carbocycles. The highest BCUT2D eigenvalue weighted by atomic mass is 35.5. The summed E-state index contributed by atoms with van der Waals surface area (Å²) >= 11 is 5.86. The molecule has 17 heavy (non-hydrogen) atoms. The second-order valence-corrected chi connectivity index (χ2v) is 3.74. The zero-order chi connectivity index (χ0) is 12.3. The van der Waals surface area contributed by atoms with Crippen molar-refractivity contribution in [3.8, 4) is 17.2 Å². The Morgan fingerprint density at radius 1 is 1.06 bits per heavy atom. The Balaban J connectivity index is 2.29. The van der Waals surface area contributed by atoms with Crippen LogP contribution in [0.1, 0.15) is 0 Å². The highest BCUT2D eigenvalue weighted by Gasteiger charge is 2.11. The molecule has 0 saturated carbocycles. The number of para-hydroxylation sites is 1. The van der Waals surface area contributed by atoms with E-state index in [9.17, 15) is 4.39 Å². The smallest absolute Gasteiger partial charge is 0.173 e. The summed E-state index contributed by atoms with van der Waals surface area (Å²) in [6.45, 7) is 0. The summed E-state index contributed by atoms with van der Waals surface area (Å²) in [5, 5.41) is 0.179. The molecule has 4 heteroatoms. The SMILES string of the molecule is COc1c(F)cc(Oc2ccccc2)cc1Cl. The second kappa shape index (κ2) is 5.06. The zero-order valence-electron chi connectivity index (χ0n) is 9.11. The van der Waals surface area contributed by atoms with Gasteiger partial charge in [-0.25, -0.2) is 4.39 Å². The van der Waals surface area contributed by atoms with Gasteiger partial charge in [0.25, 0.3) is 0 Å². The Hall–Kier alpha value is -1.74. The third-order valence-electron chi connectivity index (χ3n) is 2.15. The van der Waals surface area contributed by atoms with E-state index in [-0.39, 0.29) is 10.8 Å². The number of ether oxygens (including phenoxy) is 2. The molecule has 0 aliphatic carbocycles. The highest BCUT2D eigenvalue weighted by Crippen LogP contribution is 2.33. The fraction of sp³-hybridized carbons (Fsp3) is 0.0769. The lowest BCUT2D eigenvalue weighted by molar-refractivity contribution is 0.383. The zero-order valence-corrected chi connectivity index (χ0v) is 9.87. The predicted octanol–water partition coefficient (Wildman–Crippen LogP) is 4.28. The van der Waals surface area contributed by atoms with Crippen molar-refractivity contribution in [2.75, 3.05) is 7.11 Å². The van der Waals surface area contributed by atoms with Gasteiger partial charge in [-0.3, -0.25) is 0 Å². The predicted molar refractivity (Wildman–Crippen MR) is 64.5 cm³/mol. The van der Waals surface area contributed by atoms with Crippen LogP contribution in [0.5, 0.6) is 17.2 Å². The maximum atomic E-state index is 13.5. The minimum atomic E-state index is -0.550. The Bertz CT molecular complexity index is 491. The maximum absolute atomic E-state index is 13.5. The molecule has 0 heterocycles. The summed E-state index contributed by atoms with van der Waals surface area (Å²) in [5.74, 6) is 0.422. The van der Waals surface area contributed by atoms with E-state index in [1.165, 1.54) is 19.2 Å². The van der Waals surface area contributed by atoms with Crippen molar-refractivity contribution in [3.63, 3.8) is 0 Å². The summed E-state index contributed by atoms with van der Waals surface area (Å²) in [5.41, 5.74) is 0. The number of hydrogen-bond acceptors (Lipinski definition) is 2. The van der Waals surface area contributed by atoms with Gasteiger partial charge >= 0.3 is 0 Å². The van der Waals surface area contributed by atoms with Gasteiger partial charge in [-0.05, 0) is 12.1 Å². The van der Waals surface area contributed by atoms with Crippen molar-refractivity contribution in [1.29, 1.82) is 0 Å². The van der Waals surface area contributed by atoms with Crippen LogP contribution in [0.25, 0.3) is 0 Å². The molecule has 0 aliphatic heterocycles. The number of methoxy groups -OCH3 is 1. The molecule has 0 aromatic heterocycles. The van der Waals surface area contributed by atoms with Crippen molar-refractivity contribution in [2.24, 2.45) is 0 Å². The van der Waals surface area contributed by atoms with E-state index < -0.39 is 5.82 Å². The van der Waals surface area contributed by atoms with E-state index in [2.05, 4.69) is 0 Å². The van der Waals surface area contributed by atoms with Gasteiger partial charge in [0.1, 0.15) is 11.5 Å². The van der Waals surface area contributed by atoms with Gasteiger partial charge in [-0.15, -0.1) is 0 Å². The van der Waals surface area contributed by atoms with Crippen molar-refractivity contribution in [1.82, 2.24) is 0 Å². The highest BCUT2D eigenvalue weighted by molar-refractivity contribution is 6.32. The maximum Gasteiger partial charge on any atom is 0.173 e. The summed E-state index contributed by atoms with van der Waals surface area (Å²) in [4.78, 5) is 0. The van der Waals surface area contributed by atoms with Crippen LogP contribution >= 0.6 is 11.6 Å². The normalized spacial score (nSPS) is 10.1. The Morgan fingerprint density at radius 3 is 2.35 bits per heavy atom. The van der Waals surface area contributed by atoms with Crippen LogP contribution in [0.4, 0.5) is 4.39 Å². The molecular weight excluding hydrogens is 243 g/mol. The number of halogens is 2. The third kappa shape index (κ3) is 2.68. The minimum Gasteiger partial charge on any atom is -0.492 e. The second-order valence-electron chi connectivity index (χ2n) is 3.34. The summed E-state index contributed by atoms with van der Waals surface area (Å²) in [6.07, 6.45) is 0. The van der Waals surface area contributed by atoms with Crippen molar-refractivity contribution >= 4 is 11.6 Å². The lowest BCUT2D eigenvalue weighted by atomic mass is 10.3. The molecule has 0 unspecified atom stereocenters. The number of hydrogen-bond donors (Lipinski definition) is 0. The Morgan fingerprint density at radius 2 is 1.76 bits per heavy atom. The first-order valence-electron chi connectivity index (χ1n) is 4.96. The molecule has 2 rings (SSSR count). The van der Waals surface area contributed by atoms with Gasteiger partial charge < -0.3 is 9.47 Å². The average molecular weight is 253 g/mol. The molecule has 2 aromatic rings. The van der Waals surface area contributed by atoms with Crippen LogP contribution in [0.15, 0.2) is 42.5 Å². The quantitative estimate of drug-likeness (QED) is 0.812. The minimum absolute atomic E-state index is 0.0204. The molecule has 2 nitrogen and oxygen atoms in total. The number of benzene rings is 2. The van der Waals surface area contributed by atoms with Crippen LogP contribution in [0.3, 0.4) is 0 Å². The first-order valence-corrected chi connectivity index (χ1v) is 5.34. The van der Waals surface area contributed by atoms with Crippen molar-refractivity contribution < 1.29 is 13.9 Å². The molecule has 0 amide bonds. The van der Waals surface area contributed by atoms with Gasteiger partial charge in [-0.1, -0.05) is 29.8 Å². The van der Waals surface area contributed by atoms with Crippen LogP contribution in [0.2, 0.25) is 5.02 Å². The fourth-order valence-corrected chi connectivity index (χ4v) is 1.69. The van der Waals surface area contributed by atoms with E-state index in [0.717, 1.165) is 0 Å². The van der Waals surface area contributed by atoms with E-state index in [1.807, 2.05) is 18.2 Å². The third-order valence-corrected chi connectivity index (χ3v) is 2.44. The lowest BCUT2D eigenvalue weighted by Crippen LogP contribution is -1.91. The van der Waals surface area contributed by atoms with E-state index >= 15 is 0 Å². The Labute approximate surface area is 104 Å². The molecule has 0 saturated heterocycles. The van der Waals surface area contributed by atoms with Crippen LogP contribution in [0, 0.1) is 5.82 Å². The summed E-state index contributed by atoms with van der Waals surface area (Å²) < 4.78 is 23.8. The molecule has 0 aliphatic rings.